The zero-order valence-corrected chi connectivity index (χ0v) is 13.1. The lowest BCUT2D eigenvalue weighted by Crippen LogP contribution is -2.27. The maximum Gasteiger partial charge on any atom is 0.225 e. The fourth-order valence-corrected chi connectivity index (χ4v) is 2.89. The fraction of sp³-hybridized carbons (Fsp3) is 0.333. The Hall–Kier alpha value is -1.95. The summed E-state index contributed by atoms with van der Waals surface area (Å²) in [6.07, 6.45) is 0. The van der Waals surface area contributed by atoms with Gasteiger partial charge >= 0.3 is 0 Å². The Kier molecular flexibility index (Phi) is 4.90. The third kappa shape index (κ3) is 3.78. The van der Waals surface area contributed by atoms with E-state index in [0.29, 0.717) is 23.9 Å². The van der Waals surface area contributed by atoms with Gasteiger partial charge in [0.25, 0.3) is 0 Å². The predicted molar refractivity (Wildman–Crippen MR) is 84.3 cm³/mol. The molecule has 1 N–H and O–H groups in total. The molecule has 0 saturated carbocycles. The normalized spacial score (nSPS) is 10.5. The second-order valence-electron chi connectivity index (χ2n) is 4.72. The third-order valence-corrected chi connectivity index (χ3v) is 3.96. The van der Waals surface area contributed by atoms with Crippen LogP contribution in [0.5, 0.6) is 0 Å². The van der Waals surface area contributed by atoms with Crippen molar-refractivity contribution in [3.63, 3.8) is 0 Å². The maximum absolute atomic E-state index is 13.6. The summed E-state index contributed by atoms with van der Waals surface area (Å²) in [6, 6.07) is 4.93. The number of carbonyl (C=O) groups is 1. The Morgan fingerprint density at radius 2 is 2.24 bits per heavy atom. The molecule has 0 aliphatic heterocycles. The highest BCUT2D eigenvalue weighted by molar-refractivity contribution is 7.14. The number of thiazole rings is 1. The van der Waals surface area contributed by atoms with Crippen molar-refractivity contribution in [2.45, 2.75) is 27.3 Å². The summed E-state index contributed by atoms with van der Waals surface area (Å²) in [4.78, 5) is 17.5. The van der Waals surface area contributed by atoms with Gasteiger partial charge in [0.05, 0.1) is 17.9 Å². The van der Waals surface area contributed by atoms with E-state index in [1.54, 1.807) is 17.0 Å². The first-order valence-electron chi connectivity index (χ1n) is 6.73. The molecular formula is C15H18FN3OS. The molecule has 21 heavy (non-hydrogen) atoms. The van der Waals surface area contributed by atoms with Crippen LogP contribution in [0.15, 0.2) is 23.6 Å². The number of aryl methyl sites for hydroxylation is 1. The highest BCUT2D eigenvalue weighted by atomic mass is 32.1. The van der Waals surface area contributed by atoms with E-state index in [0.717, 1.165) is 11.3 Å². The zero-order chi connectivity index (χ0) is 15.4. The van der Waals surface area contributed by atoms with Gasteiger partial charge in [-0.1, -0.05) is 6.07 Å². The van der Waals surface area contributed by atoms with Crippen molar-refractivity contribution >= 4 is 28.1 Å². The first kappa shape index (κ1) is 15.4. The van der Waals surface area contributed by atoms with Crippen LogP contribution < -0.4 is 10.2 Å². The predicted octanol–water partition coefficient (Wildman–Crippen LogP) is 3.58. The summed E-state index contributed by atoms with van der Waals surface area (Å²) in [5.74, 6) is -0.314. The minimum atomic E-state index is -0.282. The largest absolute Gasteiger partial charge is 0.377 e. The van der Waals surface area contributed by atoms with E-state index >= 15 is 0 Å². The maximum atomic E-state index is 13.6. The average Bonchev–Trinajstić information content (AvgIpc) is 2.89. The molecular weight excluding hydrogens is 289 g/mol. The Morgan fingerprint density at radius 3 is 2.90 bits per heavy atom. The second-order valence-corrected chi connectivity index (χ2v) is 5.56. The number of nitrogens with one attached hydrogen (secondary N) is 1. The number of benzene rings is 1. The van der Waals surface area contributed by atoms with Gasteiger partial charge in [-0.3, -0.25) is 9.69 Å². The Balaban J connectivity index is 2.06. The molecule has 1 amide bonds. The van der Waals surface area contributed by atoms with Crippen molar-refractivity contribution in [3.8, 4) is 0 Å². The van der Waals surface area contributed by atoms with E-state index < -0.39 is 0 Å². The van der Waals surface area contributed by atoms with Gasteiger partial charge < -0.3 is 5.32 Å². The number of anilines is 2. The topological polar surface area (TPSA) is 45.2 Å². The fourth-order valence-electron chi connectivity index (χ4n) is 1.95. The van der Waals surface area contributed by atoms with Gasteiger partial charge in [0.1, 0.15) is 5.82 Å². The van der Waals surface area contributed by atoms with E-state index in [1.165, 1.54) is 24.3 Å². The summed E-state index contributed by atoms with van der Waals surface area (Å²) < 4.78 is 13.6. The number of hydrogen-bond acceptors (Lipinski definition) is 4. The molecule has 1 aromatic heterocycles. The zero-order valence-electron chi connectivity index (χ0n) is 12.3. The van der Waals surface area contributed by atoms with E-state index in [1.807, 2.05) is 19.2 Å². The van der Waals surface area contributed by atoms with Crippen LogP contribution in [0.4, 0.5) is 15.2 Å². The van der Waals surface area contributed by atoms with Crippen molar-refractivity contribution in [2.75, 3.05) is 16.8 Å². The molecule has 0 radical (unpaired) electrons. The van der Waals surface area contributed by atoms with Crippen molar-refractivity contribution in [1.82, 2.24) is 4.98 Å². The Morgan fingerprint density at radius 1 is 1.48 bits per heavy atom. The van der Waals surface area contributed by atoms with Crippen LogP contribution in [0.1, 0.15) is 25.1 Å². The van der Waals surface area contributed by atoms with Crippen LogP contribution in [-0.4, -0.2) is 17.4 Å². The molecule has 0 spiro atoms. The van der Waals surface area contributed by atoms with Crippen LogP contribution in [0.3, 0.4) is 0 Å². The molecule has 0 saturated heterocycles. The van der Waals surface area contributed by atoms with Gasteiger partial charge in [-0.15, -0.1) is 11.3 Å². The van der Waals surface area contributed by atoms with Crippen molar-refractivity contribution in [3.05, 3.63) is 40.7 Å². The second kappa shape index (κ2) is 6.67. The summed E-state index contributed by atoms with van der Waals surface area (Å²) in [5, 5.41) is 5.58. The highest BCUT2D eigenvalue weighted by Crippen LogP contribution is 2.22. The summed E-state index contributed by atoms with van der Waals surface area (Å²) >= 11 is 1.41. The molecule has 0 unspecified atom stereocenters. The minimum absolute atomic E-state index is 0.0314. The molecule has 2 aromatic rings. The molecule has 0 aliphatic rings. The van der Waals surface area contributed by atoms with Crippen LogP contribution >= 0.6 is 11.3 Å². The molecule has 4 nitrogen and oxygen atoms in total. The molecule has 0 fully saturated rings. The molecule has 0 bridgehead atoms. The highest BCUT2D eigenvalue weighted by Gasteiger charge is 2.13. The molecule has 112 valence electrons. The standard InChI is InChI=1S/C15H18FN3OS/c1-4-19(11(3)20)15-18-12(9-21-15)8-17-14-7-10(2)5-6-13(14)16/h5-7,9,17H,4,8H2,1-3H3. The van der Waals surface area contributed by atoms with Gasteiger partial charge in [-0.2, -0.15) is 0 Å². The average molecular weight is 307 g/mol. The summed E-state index contributed by atoms with van der Waals surface area (Å²) in [6.45, 7) is 6.35. The van der Waals surface area contributed by atoms with E-state index in [9.17, 15) is 9.18 Å². The molecule has 1 heterocycles. The van der Waals surface area contributed by atoms with Crippen LogP contribution in [0, 0.1) is 12.7 Å². The number of aromatic nitrogens is 1. The number of amides is 1. The van der Waals surface area contributed by atoms with Gasteiger partial charge in [-0.25, -0.2) is 9.37 Å². The van der Waals surface area contributed by atoms with Crippen LogP contribution in [-0.2, 0) is 11.3 Å². The van der Waals surface area contributed by atoms with Gasteiger partial charge in [0, 0.05) is 18.8 Å². The SMILES string of the molecule is CCN(C(C)=O)c1nc(CNc2cc(C)ccc2F)cs1. The van der Waals surface area contributed by atoms with Crippen LogP contribution in [0.2, 0.25) is 0 Å². The quantitative estimate of drug-likeness (QED) is 0.918. The number of halogens is 1. The Labute approximate surface area is 127 Å². The number of rotatable bonds is 5. The minimum Gasteiger partial charge on any atom is -0.377 e. The lowest BCUT2D eigenvalue weighted by Gasteiger charge is -2.14. The number of hydrogen-bond donors (Lipinski definition) is 1. The van der Waals surface area contributed by atoms with Gasteiger partial charge in [0.15, 0.2) is 5.13 Å². The van der Waals surface area contributed by atoms with Crippen LogP contribution in [0.25, 0.3) is 0 Å². The Bertz CT molecular complexity index is 642. The van der Waals surface area contributed by atoms with Crippen molar-refractivity contribution < 1.29 is 9.18 Å². The monoisotopic (exact) mass is 307 g/mol. The molecule has 1 aromatic carbocycles. The van der Waals surface area contributed by atoms with Crippen molar-refractivity contribution in [2.24, 2.45) is 0 Å². The lowest BCUT2D eigenvalue weighted by molar-refractivity contribution is -0.116. The molecule has 0 atom stereocenters. The molecule has 0 aliphatic carbocycles. The third-order valence-electron chi connectivity index (χ3n) is 3.05. The first-order valence-corrected chi connectivity index (χ1v) is 7.61. The smallest absolute Gasteiger partial charge is 0.225 e. The molecule has 2 rings (SSSR count). The number of nitrogens with zero attached hydrogens (tertiary/aromatic N) is 2. The summed E-state index contributed by atoms with van der Waals surface area (Å²) in [5.41, 5.74) is 2.24. The molecule has 6 heteroatoms. The van der Waals surface area contributed by atoms with Crippen molar-refractivity contribution in [1.29, 1.82) is 0 Å². The van der Waals surface area contributed by atoms with E-state index in [-0.39, 0.29) is 11.7 Å². The van der Waals surface area contributed by atoms with Gasteiger partial charge in [-0.05, 0) is 31.5 Å². The first-order chi connectivity index (χ1) is 10.0. The van der Waals surface area contributed by atoms with Gasteiger partial charge in [0.2, 0.25) is 5.91 Å². The number of carbonyl (C=O) groups excluding carboxylic acids is 1. The van der Waals surface area contributed by atoms with E-state index in [4.69, 9.17) is 0 Å². The van der Waals surface area contributed by atoms with E-state index in [2.05, 4.69) is 10.3 Å². The summed E-state index contributed by atoms with van der Waals surface area (Å²) in [7, 11) is 0. The lowest BCUT2D eigenvalue weighted by atomic mass is 10.2.